The molecule has 142 valence electrons. The Morgan fingerprint density at radius 3 is 2.35 bits per heavy atom. The first-order chi connectivity index (χ1) is 12.4. The van der Waals surface area contributed by atoms with E-state index in [1.54, 1.807) is 30.5 Å². The van der Waals surface area contributed by atoms with Crippen molar-refractivity contribution < 1.29 is 17.9 Å². The van der Waals surface area contributed by atoms with Gasteiger partial charge in [0.05, 0.1) is 10.7 Å². The van der Waals surface area contributed by atoms with E-state index in [0.29, 0.717) is 25.5 Å². The average Bonchev–Trinajstić information content (AvgIpc) is 2.99. The Morgan fingerprint density at radius 2 is 1.81 bits per heavy atom. The lowest BCUT2D eigenvalue weighted by Crippen LogP contribution is -2.39. The van der Waals surface area contributed by atoms with Crippen LogP contribution in [0.25, 0.3) is 0 Å². The molecule has 0 atom stereocenters. The molecule has 2 rings (SSSR count). The molecule has 0 spiro atoms. The molecule has 2 aromatic rings. The van der Waals surface area contributed by atoms with Crippen LogP contribution >= 0.6 is 11.3 Å². The quantitative estimate of drug-likeness (QED) is 0.566. The van der Waals surface area contributed by atoms with Crippen molar-refractivity contribution in [2.45, 2.75) is 26.1 Å². The maximum Gasteiger partial charge on any atom is 0.573 e. The zero-order chi connectivity index (χ0) is 19.0. The van der Waals surface area contributed by atoms with Crippen LogP contribution in [-0.2, 0) is 12.8 Å². The zero-order valence-electron chi connectivity index (χ0n) is 14.6. The fraction of sp³-hybridized carbons (Fsp3) is 0.412. The SMILES string of the molecule is CN=C(NCCc1ccc(OC(F)(F)F)cc1)NCCc1csc(C)n1. The lowest BCUT2D eigenvalue weighted by molar-refractivity contribution is -0.274. The van der Waals surface area contributed by atoms with Crippen molar-refractivity contribution in [3.63, 3.8) is 0 Å². The van der Waals surface area contributed by atoms with E-state index in [-0.39, 0.29) is 5.75 Å². The maximum absolute atomic E-state index is 12.1. The van der Waals surface area contributed by atoms with Crippen LogP contribution in [0.1, 0.15) is 16.3 Å². The molecule has 26 heavy (non-hydrogen) atoms. The summed E-state index contributed by atoms with van der Waals surface area (Å²) < 4.78 is 40.2. The molecule has 0 radical (unpaired) electrons. The molecule has 0 amide bonds. The normalized spacial score (nSPS) is 12.1. The van der Waals surface area contributed by atoms with Crippen molar-refractivity contribution in [2.24, 2.45) is 4.99 Å². The minimum atomic E-state index is -4.67. The summed E-state index contributed by atoms with van der Waals surface area (Å²) in [5.74, 6) is 0.456. The van der Waals surface area contributed by atoms with Crippen LogP contribution in [0.2, 0.25) is 0 Å². The molecule has 0 aliphatic carbocycles. The summed E-state index contributed by atoms with van der Waals surface area (Å²) >= 11 is 1.63. The van der Waals surface area contributed by atoms with Gasteiger partial charge >= 0.3 is 6.36 Å². The van der Waals surface area contributed by atoms with Crippen molar-refractivity contribution in [1.29, 1.82) is 0 Å². The van der Waals surface area contributed by atoms with Crippen molar-refractivity contribution in [3.05, 3.63) is 45.9 Å². The standard InChI is InChI=1S/C17H21F3N4OS/c1-12-24-14(11-26-12)8-10-23-16(21-2)22-9-7-13-3-5-15(6-4-13)25-17(18,19)20/h3-6,11H,7-10H2,1-2H3,(H2,21,22,23). The number of halogens is 3. The molecule has 0 bridgehead atoms. The molecule has 5 nitrogen and oxygen atoms in total. The van der Waals surface area contributed by atoms with Gasteiger partial charge in [0, 0.05) is 31.9 Å². The molecule has 1 aromatic carbocycles. The molecule has 9 heteroatoms. The highest BCUT2D eigenvalue weighted by Crippen LogP contribution is 2.22. The highest BCUT2D eigenvalue weighted by atomic mass is 32.1. The predicted octanol–water partition coefficient (Wildman–Crippen LogP) is 3.30. The number of ether oxygens (including phenoxy) is 1. The van der Waals surface area contributed by atoms with Gasteiger partial charge in [-0.05, 0) is 31.0 Å². The van der Waals surface area contributed by atoms with Crippen molar-refractivity contribution in [3.8, 4) is 5.75 Å². The van der Waals surface area contributed by atoms with Gasteiger partial charge in [-0.3, -0.25) is 4.99 Å². The van der Waals surface area contributed by atoms with Gasteiger partial charge in [0.1, 0.15) is 5.75 Å². The lowest BCUT2D eigenvalue weighted by atomic mass is 10.1. The number of rotatable bonds is 7. The molecule has 1 aromatic heterocycles. The first-order valence-corrected chi connectivity index (χ1v) is 8.94. The van der Waals surface area contributed by atoms with Crippen LogP contribution in [-0.4, -0.2) is 37.4 Å². The number of alkyl halides is 3. The van der Waals surface area contributed by atoms with E-state index in [4.69, 9.17) is 0 Å². The molecular weight excluding hydrogens is 365 g/mol. The Labute approximate surface area is 154 Å². The maximum atomic E-state index is 12.1. The van der Waals surface area contributed by atoms with E-state index in [0.717, 1.165) is 22.7 Å². The first kappa shape index (κ1) is 20.0. The Hall–Kier alpha value is -2.29. The van der Waals surface area contributed by atoms with Crippen LogP contribution in [0.5, 0.6) is 5.75 Å². The summed E-state index contributed by atoms with van der Waals surface area (Å²) in [6.07, 6.45) is -3.21. The number of nitrogens with one attached hydrogen (secondary N) is 2. The fourth-order valence-corrected chi connectivity index (χ4v) is 2.88. The number of thiazole rings is 1. The van der Waals surface area contributed by atoms with Gasteiger partial charge in [0.25, 0.3) is 0 Å². The third kappa shape index (κ3) is 7.30. The highest BCUT2D eigenvalue weighted by Gasteiger charge is 2.30. The summed E-state index contributed by atoms with van der Waals surface area (Å²) in [6, 6.07) is 5.85. The smallest absolute Gasteiger partial charge is 0.406 e. The third-order valence-corrected chi connectivity index (χ3v) is 4.25. The number of guanidine groups is 1. The van der Waals surface area contributed by atoms with Crippen LogP contribution in [0.4, 0.5) is 13.2 Å². The largest absolute Gasteiger partial charge is 0.573 e. The van der Waals surface area contributed by atoms with Gasteiger partial charge in [0.15, 0.2) is 5.96 Å². The minimum absolute atomic E-state index is 0.219. The van der Waals surface area contributed by atoms with Gasteiger partial charge < -0.3 is 15.4 Å². The first-order valence-electron chi connectivity index (χ1n) is 8.06. The third-order valence-electron chi connectivity index (χ3n) is 3.43. The summed E-state index contributed by atoms with van der Waals surface area (Å²) in [4.78, 5) is 8.54. The van der Waals surface area contributed by atoms with Gasteiger partial charge in [-0.1, -0.05) is 12.1 Å². The van der Waals surface area contributed by atoms with Gasteiger partial charge in [-0.2, -0.15) is 0 Å². The van der Waals surface area contributed by atoms with Crippen LogP contribution in [0.15, 0.2) is 34.6 Å². The molecule has 0 saturated carbocycles. The highest BCUT2D eigenvalue weighted by molar-refractivity contribution is 7.09. The molecule has 0 aliphatic heterocycles. The molecule has 0 saturated heterocycles. The predicted molar refractivity (Wildman–Crippen MR) is 96.7 cm³/mol. The summed E-state index contributed by atoms with van der Waals surface area (Å²) in [5.41, 5.74) is 1.96. The van der Waals surface area contributed by atoms with Crippen LogP contribution in [0.3, 0.4) is 0 Å². The number of hydrogen-bond acceptors (Lipinski definition) is 4. The number of aromatic nitrogens is 1. The van der Waals surface area contributed by atoms with E-state index in [1.165, 1.54) is 12.1 Å². The minimum Gasteiger partial charge on any atom is -0.406 e. The molecular formula is C17H21F3N4OS. The van der Waals surface area contributed by atoms with Gasteiger partial charge in [0.2, 0.25) is 0 Å². The molecule has 1 heterocycles. The molecule has 0 fully saturated rings. The number of aliphatic imine (C=N–C) groups is 1. The second-order valence-corrected chi connectivity index (χ2v) is 6.54. The van der Waals surface area contributed by atoms with Crippen molar-refractivity contribution in [1.82, 2.24) is 15.6 Å². The van der Waals surface area contributed by atoms with E-state index in [2.05, 4.69) is 25.3 Å². The summed E-state index contributed by atoms with van der Waals surface area (Å²) in [7, 11) is 1.69. The molecule has 0 aliphatic rings. The van der Waals surface area contributed by atoms with Crippen LogP contribution in [0, 0.1) is 6.92 Å². The van der Waals surface area contributed by atoms with E-state index in [9.17, 15) is 13.2 Å². The van der Waals surface area contributed by atoms with E-state index < -0.39 is 6.36 Å². The Bertz CT molecular complexity index is 714. The van der Waals surface area contributed by atoms with Crippen molar-refractivity contribution in [2.75, 3.05) is 20.1 Å². The Morgan fingerprint density at radius 1 is 1.15 bits per heavy atom. The lowest BCUT2D eigenvalue weighted by Gasteiger charge is -2.12. The monoisotopic (exact) mass is 386 g/mol. The average molecular weight is 386 g/mol. The second kappa shape index (κ2) is 9.42. The Kier molecular flexibility index (Phi) is 7.26. The zero-order valence-corrected chi connectivity index (χ0v) is 15.4. The number of hydrogen-bond donors (Lipinski definition) is 2. The Balaban J connectivity index is 1.69. The summed E-state index contributed by atoms with van der Waals surface area (Å²) in [6.45, 7) is 3.30. The molecule has 0 unspecified atom stereocenters. The van der Waals surface area contributed by atoms with E-state index in [1.807, 2.05) is 12.3 Å². The molecule has 2 N–H and O–H groups in total. The van der Waals surface area contributed by atoms with Gasteiger partial charge in [-0.25, -0.2) is 4.98 Å². The van der Waals surface area contributed by atoms with Crippen molar-refractivity contribution >= 4 is 17.3 Å². The number of benzene rings is 1. The number of nitrogens with zero attached hydrogens (tertiary/aromatic N) is 2. The topological polar surface area (TPSA) is 58.5 Å². The van der Waals surface area contributed by atoms with E-state index >= 15 is 0 Å². The fourth-order valence-electron chi connectivity index (χ4n) is 2.24. The summed E-state index contributed by atoms with van der Waals surface area (Å²) in [5, 5.41) is 9.47. The second-order valence-electron chi connectivity index (χ2n) is 5.48. The number of aryl methyl sites for hydroxylation is 1. The van der Waals surface area contributed by atoms with Crippen LogP contribution < -0.4 is 15.4 Å². The van der Waals surface area contributed by atoms with Gasteiger partial charge in [-0.15, -0.1) is 24.5 Å².